The summed E-state index contributed by atoms with van der Waals surface area (Å²) in [5.74, 6) is 0. The van der Waals surface area contributed by atoms with Crippen molar-refractivity contribution in [3.05, 3.63) is 12.3 Å². The molecule has 0 rings (SSSR count). The van der Waals surface area contributed by atoms with Crippen LogP contribution in [0.15, 0.2) is 12.3 Å². The van der Waals surface area contributed by atoms with Gasteiger partial charge in [0.05, 0.1) is 6.26 Å². The maximum atomic E-state index is 6.19. The first-order chi connectivity index (χ1) is 17.8. The molecule has 4 heteroatoms. The van der Waals surface area contributed by atoms with Gasteiger partial charge in [-0.3, -0.25) is 0 Å². The van der Waals surface area contributed by atoms with Crippen molar-refractivity contribution in [1.29, 1.82) is 0 Å². The van der Waals surface area contributed by atoms with Crippen LogP contribution in [0.4, 0.5) is 0 Å². The third-order valence-electron chi connectivity index (χ3n) is 6.79. The molecule has 0 saturated heterocycles. The lowest BCUT2D eigenvalue weighted by Crippen LogP contribution is -2.19. The van der Waals surface area contributed by atoms with Gasteiger partial charge in [-0.15, -0.1) is 0 Å². The van der Waals surface area contributed by atoms with Gasteiger partial charge in [0, 0.05) is 20.3 Å². The lowest BCUT2D eigenvalue weighted by Gasteiger charge is -2.19. The van der Waals surface area contributed by atoms with E-state index in [2.05, 4.69) is 19.9 Å². The fourth-order valence-electron chi connectivity index (χ4n) is 4.46. The summed E-state index contributed by atoms with van der Waals surface area (Å²) >= 11 is 0. The van der Waals surface area contributed by atoms with Crippen LogP contribution in [0.3, 0.4) is 0 Å². The van der Waals surface area contributed by atoms with Crippen molar-refractivity contribution in [2.24, 2.45) is 0 Å². The van der Waals surface area contributed by atoms with E-state index in [9.17, 15) is 0 Å². The Balaban J connectivity index is 3.84. The summed E-state index contributed by atoms with van der Waals surface area (Å²) in [4.78, 5) is 0. The van der Waals surface area contributed by atoms with Crippen LogP contribution < -0.4 is 0 Å². The zero-order valence-electron chi connectivity index (χ0n) is 24.7. The normalized spacial score (nSPS) is 11.8. The molecule has 0 aliphatic heterocycles. The van der Waals surface area contributed by atoms with Gasteiger partial charge in [-0.1, -0.05) is 123 Å². The maximum absolute atomic E-state index is 6.19. The zero-order valence-corrected chi connectivity index (χ0v) is 24.7. The second-order valence-electron chi connectivity index (χ2n) is 10.4. The summed E-state index contributed by atoms with van der Waals surface area (Å²) in [7, 11) is 1.64. The first kappa shape index (κ1) is 35.4. The minimum absolute atomic E-state index is 0.0114. The van der Waals surface area contributed by atoms with Crippen molar-refractivity contribution in [3.63, 3.8) is 0 Å². The Kier molecular flexibility index (Phi) is 31.9. The first-order valence-corrected chi connectivity index (χ1v) is 15.8. The molecular formula is C32H64O4. The summed E-state index contributed by atoms with van der Waals surface area (Å²) in [6.45, 7) is 6.62. The van der Waals surface area contributed by atoms with Gasteiger partial charge < -0.3 is 18.9 Å². The molecule has 0 fully saturated rings. The number of ether oxygens (including phenoxy) is 4. The van der Waals surface area contributed by atoms with E-state index in [4.69, 9.17) is 18.9 Å². The highest BCUT2D eigenvalue weighted by molar-refractivity contribution is 4.72. The quantitative estimate of drug-likeness (QED) is 0.0526. The minimum atomic E-state index is 0.0114. The molecule has 0 aliphatic rings. The summed E-state index contributed by atoms with van der Waals surface area (Å²) in [5.41, 5.74) is 0. The number of methoxy groups -OCH3 is 1. The van der Waals surface area contributed by atoms with Crippen LogP contribution in [-0.2, 0) is 18.9 Å². The number of unbranched alkanes of at least 4 members (excludes halogenated alkanes) is 19. The lowest BCUT2D eigenvalue weighted by molar-refractivity contribution is -0.148. The third-order valence-corrected chi connectivity index (χ3v) is 6.79. The monoisotopic (exact) mass is 512 g/mol. The van der Waals surface area contributed by atoms with E-state index >= 15 is 0 Å². The summed E-state index contributed by atoms with van der Waals surface area (Å²) in [6, 6.07) is 0. The zero-order chi connectivity index (χ0) is 26.2. The molecule has 216 valence electrons. The smallest absolute Gasteiger partial charge is 0.187 e. The molecule has 0 N–H and O–H groups in total. The van der Waals surface area contributed by atoms with Gasteiger partial charge in [-0.25, -0.2) is 0 Å². The molecule has 0 saturated carbocycles. The lowest BCUT2D eigenvalue weighted by atomic mass is 10.1. The topological polar surface area (TPSA) is 36.9 Å². The van der Waals surface area contributed by atoms with Crippen molar-refractivity contribution in [1.82, 2.24) is 0 Å². The van der Waals surface area contributed by atoms with Crippen LogP contribution in [0.1, 0.15) is 162 Å². The molecule has 0 bridgehead atoms. The van der Waals surface area contributed by atoms with Gasteiger partial charge in [0.1, 0.15) is 0 Å². The Labute approximate surface area is 226 Å². The summed E-state index contributed by atoms with van der Waals surface area (Å²) in [5, 5.41) is 0. The highest BCUT2D eigenvalue weighted by Gasteiger charge is 2.09. The Morgan fingerprint density at radius 1 is 0.528 bits per heavy atom. The van der Waals surface area contributed by atoms with E-state index in [1.54, 1.807) is 13.4 Å². The summed E-state index contributed by atoms with van der Waals surface area (Å²) in [6.07, 6.45) is 33.7. The van der Waals surface area contributed by atoms with Gasteiger partial charge in [0.2, 0.25) is 0 Å². The van der Waals surface area contributed by atoms with Gasteiger partial charge in [-0.05, 0) is 44.6 Å². The SMILES string of the molecule is CCCCCCCCCOC(CCCCCCCCCC=COCOC)OCCCCCCCCC. The number of allylic oxidation sites excluding steroid dienone is 1. The maximum Gasteiger partial charge on any atom is 0.187 e. The summed E-state index contributed by atoms with van der Waals surface area (Å²) < 4.78 is 22.4. The number of hydrogen-bond donors (Lipinski definition) is 0. The van der Waals surface area contributed by atoms with Crippen LogP contribution >= 0.6 is 0 Å². The Hall–Kier alpha value is -0.580. The van der Waals surface area contributed by atoms with Crippen molar-refractivity contribution in [2.75, 3.05) is 27.1 Å². The molecule has 0 aromatic rings. The number of hydrogen-bond acceptors (Lipinski definition) is 4. The minimum Gasteiger partial charge on any atom is -0.476 e. The van der Waals surface area contributed by atoms with E-state index in [0.717, 1.165) is 26.1 Å². The molecular weight excluding hydrogens is 448 g/mol. The molecule has 4 nitrogen and oxygen atoms in total. The van der Waals surface area contributed by atoms with Crippen molar-refractivity contribution < 1.29 is 18.9 Å². The van der Waals surface area contributed by atoms with Crippen molar-refractivity contribution in [2.45, 2.75) is 168 Å². The number of rotatable bonds is 31. The van der Waals surface area contributed by atoms with Gasteiger partial charge in [0.25, 0.3) is 0 Å². The Bertz CT molecular complexity index is 393. The molecule has 0 amide bonds. The molecule has 0 heterocycles. The van der Waals surface area contributed by atoms with Gasteiger partial charge in [0.15, 0.2) is 13.1 Å². The molecule has 0 aliphatic carbocycles. The highest BCUT2D eigenvalue weighted by Crippen LogP contribution is 2.15. The van der Waals surface area contributed by atoms with E-state index in [-0.39, 0.29) is 6.29 Å². The predicted molar refractivity (Wildman–Crippen MR) is 155 cm³/mol. The fourth-order valence-corrected chi connectivity index (χ4v) is 4.46. The van der Waals surface area contributed by atoms with E-state index in [1.807, 2.05) is 0 Å². The second kappa shape index (κ2) is 32.4. The molecule has 36 heavy (non-hydrogen) atoms. The molecule has 0 aromatic carbocycles. The van der Waals surface area contributed by atoms with Crippen LogP contribution in [0.5, 0.6) is 0 Å². The average molecular weight is 513 g/mol. The van der Waals surface area contributed by atoms with Crippen LogP contribution in [-0.4, -0.2) is 33.4 Å². The third kappa shape index (κ3) is 29.6. The van der Waals surface area contributed by atoms with E-state index in [0.29, 0.717) is 6.79 Å². The van der Waals surface area contributed by atoms with Crippen LogP contribution in [0, 0.1) is 0 Å². The van der Waals surface area contributed by atoms with Crippen LogP contribution in [0.25, 0.3) is 0 Å². The molecule has 0 atom stereocenters. The van der Waals surface area contributed by atoms with E-state index < -0.39 is 0 Å². The molecule has 0 radical (unpaired) electrons. The standard InChI is InChI=1S/C32H64O4/c1-4-6-8-10-16-21-25-29-35-32(36-30-26-22-17-11-9-7-5-2)27-23-19-15-13-12-14-18-20-24-28-34-31-33-3/h24,28,32H,4-23,25-27,29-31H2,1-3H3. The molecule has 0 unspecified atom stereocenters. The Morgan fingerprint density at radius 3 is 1.47 bits per heavy atom. The van der Waals surface area contributed by atoms with Crippen molar-refractivity contribution >= 4 is 0 Å². The second-order valence-corrected chi connectivity index (χ2v) is 10.4. The Morgan fingerprint density at radius 2 is 0.972 bits per heavy atom. The average Bonchev–Trinajstić information content (AvgIpc) is 2.89. The molecule has 0 aromatic heterocycles. The predicted octanol–water partition coefficient (Wildman–Crippen LogP) is 10.5. The largest absolute Gasteiger partial charge is 0.476 e. The van der Waals surface area contributed by atoms with Gasteiger partial charge in [-0.2, -0.15) is 0 Å². The fraction of sp³-hybridized carbons (Fsp3) is 0.938. The van der Waals surface area contributed by atoms with Crippen LogP contribution in [0.2, 0.25) is 0 Å². The molecule has 0 spiro atoms. The first-order valence-electron chi connectivity index (χ1n) is 15.8. The van der Waals surface area contributed by atoms with Gasteiger partial charge >= 0.3 is 0 Å². The van der Waals surface area contributed by atoms with E-state index in [1.165, 1.54) is 135 Å². The highest BCUT2D eigenvalue weighted by atomic mass is 16.7. The van der Waals surface area contributed by atoms with Crippen molar-refractivity contribution in [3.8, 4) is 0 Å².